The van der Waals surface area contributed by atoms with Gasteiger partial charge in [0.15, 0.2) is 0 Å². The Balaban J connectivity index is 1.46. The quantitative estimate of drug-likeness (QED) is 0.505. The highest BCUT2D eigenvalue weighted by Gasteiger charge is 2.27. The molecule has 1 aliphatic heterocycles. The summed E-state index contributed by atoms with van der Waals surface area (Å²) in [5.74, 6) is -0.265. The number of amides is 1. The summed E-state index contributed by atoms with van der Waals surface area (Å²) in [6.07, 6.45) is 2.43. The van der Waals surface area contributed by atoms with Gasteiger partial charge < -0.3 is 4.90 Å². The number of aromatic nitrogens is 3. The van der Waals surface area contributed by atoms with Gasteiger partial charge in [0, 0.05) is 41.9 Å². The van der Waals surface area contributed by atoms with Crippen molar-refractivity contribution in [3.05, 3.63) is 82.9 Å². The number of pyridine rings is 1. The lowest BCUT2D eigenvalue weighted by atomic mass is 9.98. The minimum absolute atomic E-state index is 0.0137. The molecule has 5 rings (SSSR count). The summed E-state index contributed by atoms with van der Waals surface area (Å²) in [4.78, 5) is 19.3. The van der Waals surface area contributed by atoms with Crippen LogP contribution in [-0.2, 0) is 20.0 Å². The fourth-order valence-electron chi connectivity index (χ4n) is 4.32. The van der Waals surface area contributed by atoms with E-state index in [1.807, 2.05) is 55.3 Å². The van der Waals surface area contributed by atoms with Crippen molar-refractivity contribution in [2.24, 2.45) is 7.05 Å². The molecule has 6 heteroatoms. The van der Waals surface area contributed by atoms with E-state index in [9.17, 15) is 9.18 Å². The Morgan fingerprint density at radius 3 is 2.83 bits per heavy atom. The lowest BCUT2D eigenvalue weighted by molar-refractivity contribution is 0.0732. The maximum atomic E-state index is 14.0. The van der Waals surface area contributed by atoms with Crippen LogP contribution in [0.4, 0.5) is 4.39 Å². The Labute approximate surface area is 173 Å². The van der Waals surface area contributed by atoms with Gasteiger partial charge in [0.05, 0.1) is 23.4 Å². The molecule has 30 heavy (non-hydrogen) atoms. The molecule has 2 aromatic carbocycles. The molecule has 3 heterocycles. The van der Waals surface area contributed by atoms with Crippen molar-refractivity contribution in [1.82, 2.24) is 19.7 Å². The molecule has 150 valence electrons. The van der Waals surface area contributed by atoms with E-state index in [1.54, 1.807) is 16.9 Å². The van der Waals surface area contributed by atoms with Crippen molar-refractivity contribution in [3.8, 4) is 11.3 Å². The molecule has 0 aliphatic carbocycles. The highest BCUT2D eigenvalue weighted by molar-refractivity contribution is 5.98. The van der Waals surface area contributed by atoms with E-state index in [-0.39, 0.29) is 11.7 Å². The first-order valence-electron chi connectivity index (χ1n) is 9.96. The van der Waals surface area contributed by atoms with Crippen molar-refractivity contribution in [2.45, 2.75) is 19.9 Å². The third-order valence-electron chi connectivity index (χ3n) is 5.65. The molecule has 0 saturated heterocycles. The van der Waals surface area contributed by atoms with E-state index in [1.165, 1.54) is 6.07 Å². The summed E-state index contributed by atoms with van der Waals surface area (Å²) in [6, 6.07) is 14.5. The number of halogens is 1. The van der Waals surface area contributed by atoms with Crippen LogP contribution in [0.15, 0.2) is 54.7 Å². The van der Waals surface area contributed by atoms with Gasteiger partial charge in [-0.05, 0) is 61.4 Å². The second-order valence-electron chi connectivity index (χ2n) is 7.80. The van der Waals surface area contributed by atoms with Crippen LogP contribution < -0.4 is 0 Å². The summed E-state index contributed by atoms with van der Waals surface area (Å²) in [5.41, 5.74) is 6.11. The molecule has 1 amide bonds. The number of benzene rings is 2. The standard InChI is InChI=1S/C24H21FN4O/c1-15-10-18(13-19(25)11-15)23-20-7-9-29(14-22(20)27-28(23)2)24(30)17-5-6-21-16(12-17)4-3-8-26-21/h3-6,8,10-13H,7,9,14H2,1-2H3. The van der Waals surface area contributed by atoms with Gasteiger partial charge in [0.25, 0.3) is 5.91 Å². The van der Waals surface area contributed by atoms with E-state index >= 15 is 0 Å². The van der Waals surface area contributed by atoms with Crippen LogP contribution in [0.1, 0.15) is 27.2 Å². The lowest BCUT2D eigenvalue weighted by Crippen LogP contribution is -2.36. The SMILES string of the molecule is Cc1cc(F)cc(-c2c3c(nn2C)CN(C(=O)c2ccc4ncccc4c2)CC3)c1. The Morgan fingerprint density at radius 1 is 1.13 bits per heavy atom. The van der Waals surface area contributed by atoms with Gasteiger partial charge in [-0.1, -0.05) is 6.07 Å². The number of aryl methyl sites for hydroxylation is 2. The molecule has 1 aliphatic rings. The minimum atomic E-state index is -0.252. The molecule has 4 aromatic rings. The van der Waals surface area contributed by atoms with Crippen LogP contribution >= 0.6 is 0 Å². The summed E-state index contributed by atoms with van der Waals surface area (Å²) in [6.45, 7) is 2.93. The van der Waals surface area contributed by atoms with Crippen LogP contribution in [0.25, 0.3) is 22.2 Å². The van der Waals surface area contributed by atoms with Crippen molar-refractivity contribution < 1.29 is 9.18 Å². The highest BCUT2D eigenvalue weighted by atomic mass is 19.1. The van der Waals surface area contributed by atoms with Crippen LogP contribution in [0, 0.1) is 12.7 Å². The molecule has 2 aromatic heterocycles. The number of hydrogen-bond donors (Lipinski definition) is 0. The van der Waals surface area contributed by atoms with Gasteiger partial charge >= 0.3 is 0 Å². The molecule has 0 N–H and O–H groups in total. The Bertz CT molecular complexity index is 1270. The molecular weight excluding hydrogens is 379 g/mol. The average Bonchev–Trinajstić information content (AvgIpc) is 3.07. The molecule has 5 nitrogen and oxygen atoms in total. The fraction of sp³-hybridized carbons (Fsp3) is 0.208. The van der Waals surface area contributed by atoms with Gasteiger partial charge in [-0.15, -0.1) is 0 Å². The first kappa shape index (κ1) is 18.5. The maximum Gasteiger partial charge on any atom is 0.254 e. The van der Waals surface area contributed by atoms with Crippen LogP contribution in [-0.4, -0.2) is 32.1 Å². The van der Waals surface area contributed by atoms with E-state index in [0.717, 1.165) is 39.0 Å². The summed E-state index contributed by atoms with van der Waals surface area (Å²) in [7, 11) is 1.87. The van der Waals surface area contributed by atoms with Crippen LogP contribution in [0.5, 0.6) is 0 Å². The molecule has 0 saturated carbocycles. The molecule has 0 fully saturated rings. The van der Waals surface area contributed by atoms with Crippen molar-refractivity contribution >= 4 is 16.8 Å². The number of carbonyl (C=O) groups excluding carboxylic acids is 1. The molecular formula is C24H21FN4O. The topological polar surface area (TPSA) is 51.0 Å². The van der Waals surface area contributed by atoms with Crippen molar-refractivity contribution in [1.29, 1.82) is 0 Å². The monoisotopic (exact) mass is 400 g/mol. The smallest absolute Gasteiger partial charge is 0.254 e. The Morgan fingerprint density at radius 2 is 2.00 bits per heavy atom. The zero-order chi connectivity index (χ0) is 20.8. The van der Waals surface area contributed by atoms with Gasteiger partial charge in [-0.25, -0.2) is 4.39 Å². The van der Waals surface area contributed by atoms with E-state index in [4.69, 9.17) is 0 Å². The Kier molecular flexibility index (Phi) is 4.35. The number of hydrogen-bond acceptors (Lipinski definition) is 3. The van der Waals surface area contributed by atoms with E-state index < -0.39 is 0 Å². The van der Waals surface area contributed by atoms with Crippen molar-refractivity contribution in [2.75, 3.05) is 6.54 Å². The largest absolute Gasteiger partial charge is 0.332 e. The first-order chi connectivity index (χ1) is 14.5. The number of nitrogens with zero attached hydrogens (tertiary/aromatic N) is 4. The normalized spacial score (nSPS) is 13.5. The van der Waals surface area contributed by atoms with Gasteiger partial charge in [0.2, 0.25) is 0 Å². The highest BCUT2D eigenvalue weighted by Crippen LogP contribution is 2.31. The van der Waals surface area contributed by atoms with Gasteiger partial charge in [0.1, 0.15) is 5.82 Å². The lowest BCUT2D eigenvalue weighted by Gasteiger charge is -2.27. The summed E-state index contributed by atoms with van der Waals surface area (Å²) in [5, 5.41) is 5.60. The van der Waals surface area contributed by atoms with E-state index in [0.29, 0.717) is 25.1 Å². The zero-order valence-electron chi connectivity index (χ0n) is 16.9. The number of rotatable bonds is 2. The van der Waals surface area contributed by atoms with Crippen LogP contribution in [0.2, 0.25) is 0 Å². The van der Waals surface area contributed by atoms with E-state index in [2.05, 4.69) is 10.1 Å². The predicted molar refractivity (Wildman–Crippen MR) is 114 cm³/mol. The van der Waals surface area contributed by atoms with Gasteiger partial charge in [-0.2, -0.15) is 5.10 Å². The zero-order valence-corrected chi connectivity index (χ0v) is 16.9. The van der Waals surface area contributed by atoms with Crippen LogP contribution in [0.3, 0.4) is 0 Å². The summed E-state index contributed by atoms with van der Waals surface area (Å²) < 4.78 is 15.8. The second kappa shape index (κ2) is 7.06. The van der Waals surface area contributed by atoms with Gasteiger partial charge in [-0.3, -0.25) is 14.5 Å². The second-order valence-corrected chi connectivity index (χ2v) is 7.80. The minimum Gasteiger partial charge on any atom is -0.332 e. The summed E-state index contributed by atoms with van der Waals surface area (Å²) >= 11 is 0. The Hall–Kier alpha value is -3.54. The molecule has 0 bridgehead atoms. The molecule has 0 spiro atoms. The fourth-order valence-corrected chi connectivity index (χ4v) is 4.32. The first-order valence-corrected chi connectivity index (χ1v) is 9.96. The molecule has 0 radical (unpaired) electrons. The maximum absolute atomic E-state index is 14.0. The number of carbonyl (C=O) groups is 1. The number of fused-ring (bicyclic) bond motifs is 2. The predicted octanol–water partition coefficient (Wildman–Crippen LogP) is 4.28. The molecule has 0 unspecified atom stereocenters. The third-order valence-corrected chi connectivity index (χ3v) is 5.65. The average molecular weight is 400 g/mol. The third kappa shape index (κ3) is 3.14. The van der Waals surface area contributed by atoms with Crippen molar-refractivity contribution in [3.63, 3.8) is 0 Å². The molecule has 0 atom stereocenters.